The first kappa shape index (κ1) is 19.3. The number of hydrogen-bond donors (Lipinski definition) is 4. The highest BCUT2D eigenvalue weighted by Gasteiger charge is 2.16. The average molecular weight is 475 g/mol. The van der Waals surface area contributed by atoms with Gasteiger partial charge < -0.3 is 25.0 Å². The summed E-state index contributed by atoms with van der Waals surface area (Å²) in [6.07, 6.45) is 0. The maximum atomic E-state index is 12.3. The summed E-state index contributed by atoms with van der Waals surface area (Å²) >= 11 is 4.60. The van der Waals surface area contributed by atoms with E-state index >= 15 is 0 Å². The van der Waals surface area contributed by atoms with Crippen LogP contribution < -0.4 is 11.0 Å². The van der Waals surface area contributed by atoms with Crippen molar-refractivity contribution in [3.05, 3.63) is 51.4 Å². The minimum absolute atomic E-state index is 0.0937. The van der Waals surface area contributed by atoms with Crippen LogP contribution in [0.1, 0.15) is 0 Å². The van der Waals surface area contributed by atoms with Crippen LogP contribution in [0.2, 0.25) is 0 Å². The Balaban J connectivity index is 1.44. The van der Waals surface area contributed by atoms with Crippen molar-refractivity contribution in [1.29, 1.82) is 0 Å². The van der Waals surface area contributed by atoms with Crippen molar-refractivity contribution >= 4 is 50.3 Å². The van der Waals surface area contributed by atoms with Gasteiger partial charge in [0.05, 0.1) is 22.3 Å². The Morgan fingerprint density at radius 2 is 2.00 bits per heavy atom. The van der Waals surface area contributed by atoms with Gasteiger partial charge in [-0.2, -0.15) is 0 Å². The quantitative estimate of drug-likeness (QED) is 0.329. The summed E-state index contributed by atoms with van der Waals surface area (Å²) in [5, 5.41) is 21.7. The zero-order valence-electron chi connectivity index (χ0n) is 15.1. The van der Waals surface area contributed by atoms with E-state index in [0.29, 0.717) is 33.3 Å². The Morgan fingerprint density at radius 1 is 1.21 bits per heavy atom. The fourth-order valence-corrected chi connectivity index (χ4v) is 3.87. The highest BCUT2D eigenvalue weighted by Crippen LogP contribution is 2.32. The Kier molecular flexibility index (Phi) is 5.16. The molecule has 0 spiro atoms. The molecule has 0 aliphatic heterocycles. The second kappa shape index (κ2) is 7.76. The highest BCUT2D eigenvalue weighted by atomic mass is 79.9. The smallest absolute Gasteiger partial charge is 0.323 e. The monoisotopic (exact) mass is 474 g/mol. The molecule has 11 heteroatoms. The number of carbonyl (C=O) groups excluding carboxylic acids is 1. The second-order valence-electron chi connectivity index (χ2n) is 6.20. The number of amides is 1. The van der Waals surface area contributed by atoms with Crippen molar-refractivity contribution in [1.82, 2.24) is 24.7 Å². The standard InChI is InChI=1S/C18H15BrN6O3S/c1-25-16(11-6-9(19)2-5-14(11)26)23-24-18(25)29-8-15(27)20-10-3-4-12-13(7-10)22-17(28)21-12/h2-7,26H,8H2,1H3,(H,20,27)(H2,21,22,28). The largest absolute Gasteiger partial charge is 0.507 e. The molecule has 2 aromatic carbocycles. The van der Waals surface area contributed by atoms with Crippen LogP contribution in [0.15, 0.2) is 50.8 Å². The number of rotatable bonds is 5. The third kappa shape index (κ3) is 4.05. The SMILES string of the molecule is Cn1c(SCC(=O)Nc2ccc3[nH]c(=O)[nH]c3c2)nnc1-c1cc(Br)ccc1O. The van der Waals surface area contributed by atoms with Gasteiger partial charge in [-0.15, -0.1) is 10.2 Å². The van der Waals surface area contributed by atoms with E-state index in [9.17, 15) is 14.7 Å². The number of hydrogen-bond acceptors (Lipinski definition) is 6. The van der Waals surface area contributed by atoms with Crippen LogP contribution in [0, 0.1) is 0 Å². The molecule has 0 radical (unpaired) electrons. The summed E-state index contributed by atoms with van der Waals surface area (Å²) in [5.41, 5.74) is 2.11. The summed E-state index contributed by atoms with van der Waals surface area (Å²) in [6.45, 7) is 0. The minimum atomic E-state index is -0.298. The van der Waals surface area contributed by atoms with Gasteiger partial charge in [-0.05, 0) is 36.4 Å². The Labute approximate surface area is 176 Å². The van der Waals surface area contributed by atoms with Gasteiger partial charge in [0, 0.05) is 17.2 Å². The van der Waals surface area contributed by atoms with Crippen LogP contribution in [0.5, 0.6) is 5.75 Å². The van der Waals surface area contributed by atoms with Gasteiger partial charge in [0.1, 0.15) is 5.75 Å². The molecule has 4 aromatic rings. The number of aromatic hydroxyl groups is 1. The maximum Gasteiger partial charge on any atom is 0.323 e. The molecule has 2 heterocycles. The summed E-state index contributed by atoms with van der Waals surface area (Å²) in [6, 6.07) is 10.2. The summed E-state index contributed by atoms with van der Waals surface area (Å²) in [7, 11) is 1.77. The molecule has 0 saturated heterocycles. The minimum Gasteiger partial charge on any atom is -0.507 e. The van der Waals surface area contributed by atoms with E-state index < -0.39 is 0 Å². The number of carbonyl (C=O) groups is 1. The molecule has 0 unspecified atom stereocenters. The third-order valence-electron chi connectivity index (χ3n) is 4.17. The van der Waals surface area contributed by atoms with Gasteiger partial charge in [-0.25, -0.2) is 4.79 Å². The highest BCUT2D eigenvalue weighted by molar-refractivity contribution is 9.10. The number of nitrogens with zero attached hydrogens (tertiary/aromatic N) is 3. The average Bonchev–Trinajstić information content (AvgIpc) is 3.23. The predicted molar refractivity (Wildman–Crippen MR) is 114 cm³/mol. The molecule has 0 aliphatic carbocycles. The van der Waals surface area contributed by atoms with E-state index in [1.807, 2.05) is 0 Å². The lowest BCUT2D eigenvalue weighted by atomic mass is 10.2. The maximum absolute atomic E-state index is 12.3. The van der Waals surface area contributed by atoms with Gasteiger partial charge in [-0.3, -0.25) is 4.79 Å². The number of halogens is 1. The van der Waals surface area contributed by atoms with Crippen LogP contribution in [-0.4, -0.2) is 41.5 Å². The molecule has 0 aliphatic rings. The zero-order valence-corrected chi connectivity index (χ0v) is 17.5. The van der Waals surface area contributed by atoms with Gasteiger partial charge >= 0.3 is 5.69 Å². The molecule has 4 N–H and O–H groups in total. The number of thioether (sulfide) groups is 1. The van der Waals surface area contributed by atoms with Crippen LogP contribution in [-0.2, 0) is 11.8 Å². The van der Waals surface area contributed by atoms with Gasteiger partial charge in [-0.1, -0.05) is 27.7 Å². The lowest BCUT2D eigenvalue weighted by Gasteiger charge is -2.07. The van der Waals surface area contributed by atoms with E-state index in [1.54, 1.807) is 48.0 Å². The molecule has 148 valence electrons. The number of phenolic OH excluding ortho intramolecular Hbond substituents is 1. The van der Waals surface area contributed by atoms with Crippen molar-refractivity contribution in [3.63, 3.8) is 0 Å². The lowest BCUT2D eigenvalue weighted by molar-refractivity contribution is -0.113. The third-order valence-corrected chi connectivity index (χ3v) is 5.68. The molecule has 1 amide bonds. The van der Waals surface area contributed by atoms with Crippen molar-refractivity contribution in [2.24, 2.45) is 7.05 Å². The molecule has 29 heavy (non-hydrogen) atoms. The van der Waals surface area contributed by atoms with Crippen LogP contribution >= 0.6 is 27.7 Å². The fourth-order valence-electron chi connectivity index (χ4n) is 2.80. The second-order valence-corrected chi connectivity index (χ2v) is 8.06. The first-order valence-electron chi connectivity index (χ1n) is 8.43. The van der Waals surface area contributed by atoms with Gasteiger partial charge in [0.2, 0.25) is 5.91 Å². The zero-order chi connectivity index (χ0) is 20.5. The molecule has 9 nitrogen and oxygen atoms in total. The van der Waals surface area contributed by atoms with Crippen molar-refractivity contribution < 1.29 is 9.90 Å². The van der Waals surface area contributed by atoms with E-state index in [2.05, 4.69) is 41.4 Å². The lowest BCUT2D eigenvalue weighted by Crippen LogP contribution is -2.14. The van der Waals surface area contributed by atoms with E-state index in [0.717, 1.165) is 4.47 Å². The Morgan fingerprint density at radius 3 is 2.83 bits per heavy atom. The van der Waals surface area contributed by atoms with E-state index in [-0.39, 0.29) is 23.1 Å². The number of benzene rings is 2. The summed E-state index contributed by atoms with van der Waals surface area (Å²) < 4.78 is 2.53. The number of aromatic nitrogens is 5. The molecule has 0 saturated carbocycles. The van der Waals surface area contributed by atoms with E-state index in [1.165, 1.54) is 11.8 Å². The first-order chi connectivity index (χ1) is 13.9. The summed E-state index contributed by atoms with van der Waals surface area (Å²) in [4.78, 5) is 28.9. The molecular formula is C18H15BrN6O3S. The van der Waals surface area contributed by atoms with Crippen molar-refractivity contribution in [3.8, 4) is 17.1 Å². The molecule has 2 aromatic heterocycles. The number of anilines is 1. The molecule has 0 atom stereocenters. The number of nitrogens with one attached hydrogen (secondary N) is 3. The van der Waals surface area contributed by atoms with Gasteiger partial charge in [0.25, 0.3) is 0 Å². The normalized spacial score (nSPS) is 11.1. The molecular weight excluding hydrogens is 460 g/mol. The van der Waals surface area contributed by atoms with Crippen LogP contribution in [0.3, 0.4) is 0 Å². The van der Waals surface area contributed by atoms with Crippen LogP contribution in [0.4, 0.5) is 5.69 Å². The predicted octanol–water partition coefficient (Wildman–Crippen LogP) is 2.85. The number of fused-ring (bicyclic) bond motifs is 1. The number of H-pyrrole nitrogens is 2. The molecule has 4 rings (SSSR count). The van der Waals surface area contributed by atoms with Gasteiger partial charge in [0.15, 0.2) is 11.0 Å². The summed E-state index contributed by atoms with van der Waals surface area (Å²) in [5.74, 6) is 0.491. The Hall–Kier alpha value is -3.05. The van der Waals surface area contributed by atoms with E-state index in [4.69, 9.17) is 0 Å². The molecule has 0 fully saturated rings. The topological polar surface area (TPSA) is 129 Å². The number of phenols is 1. The Bertz CT molecular complexity index is 1280. The molecule has 0 bridgehead atoms. The first-order valence-corrected chi connectivity index (χ1v) is 10.2. The number of aromatic amines is 2. The van der Waals surface area contributed by atoms with Crippen LogP contribution in [0.25, 0.3) is 22.4 Å². The van der Waals surface area contributed by atoms with Crippen molar-refractivity contribution in [2.75, 3.05) is 11.1 Å². The number of imidazole rings is 1. The fraction of sp³-hybridized carbons (Fsp3) is 0.111. The van der Waals surface area contributed by atoms with Crippen molar-refractivity contribution in [2.45, 2.75) is 5.16 Å².